The van der Waals surface area contributed by atoms with Crippen LogP contribution < -0.4 is 0 Å². The predicted molar refractivity (Wildman–Crippen MR) is 78.7 cm³/mol. The van der Waals surface area contributed by atoms with Gasteiger partial charge in [-0.1, -0.05) is 35.3 Å². The molecular formula is C14H9Cl2NO4. The summed E-state index contributed by atoms with van der Waals surface area (Å²) in [5.74, 6) is -0.672. The van der Waals surface area contributed by atoms with E-state index in [1.54, 1.807) is 24.3 Å². The van der Waals surface area contributed by atoms with E-state index < -0.39 is 10.9 Å². The van der Waals surface area contributed by atoms with Crippen LogP contribution >= 0.6 is 23.2 Å². The monoisotopic (exact) mass is 325 g/mol. The molecule has 0 atom stereocenters. The second-order valence-electron chi connectivity index (χ2n) is 4.13. The fourth-order valence-electron chi connectivity index (χ4n) is 1.64. The van der Waals surface area contributed by atoms with Gasteiger partial charge in [-0.2, -0.15) is 0 Å². The minimum absolute atomic E-state index is 0.0236. The number of nitro groups is 1. The van der Waals surface area contributed by atoms with Gasteiger partial charge in [-0.25, -0.2) is 4.79 Å². The number of hydrogen-bond donors (Lipinski definition) is 0. The summed E-state index contributed by atoms with van der Waals surface area (Å²) in [5, 5.41) is 11.3. The molecule has 0 saturated heterocycles. The molecule has 2 aromatic rings. The Hall–Kier alpha value is -2.11. The molecule has 2 rings (SSSR count). The smallest absolute Gasteiger partial charge is 0.338 e. The maximum Gasteiger partial charge on any atom is 0.338 e. The zero-order valence-electron chi connectivity index (χ0n) is 10.6. The number of hydrogen-bond acceptors (Lipinski definition) is 4. The van der Waals surface area contributed by atoms with E-state index in [1.165, 1.54) is 12.1 Å². The van der Waals surface area contributed by atoms with Crippen molar-refractivity contribution in [2.75, 3.05) is 0 Å². The molecule has 2 aromatic carbocycles. The van der Waals surface area contributed by atoms with E-state index in [2.05, 4.69) is 0 Å². The number of benzene rings is 2. The first-order chi connectivity index (χ1) is 9.97. The predicted octanol–water partition coefficient (Wildman–Crippen LogP) is 4.26. The van der Waals surface area contributed by atoms with Crippen molar-refractivity contribution in [3.8, 4) is 0 Å². The molecule has 0 aliphatic rings. The number of carbonyl (C=O) groups is 1. The van der Waals surface area contributed by atoms with E-state index in [4.69, 9.17) is 27.9 Å². The highest BCUT2D eigenvalue weighted by Crippen LogP contribution is 2.25. The number of carbonyl (C=O) groups excluding carboxylic acids is 1. The van der Waals surface area contributed by atoms with Crippen molar-refractivity contribution in [2.24, 2.45) is 0 Å². The van der Waals surface area contributed by atoms with Gasteiger partial charge in [-0.05, 0) is 29.8 Å². The average molecular weight is 326 g/mol. The molecule has 0 radical (unpaired) electrons. The zero-order valence-corrected chi connectivity index (χ0v) is 12.1. The molecule has 5 nitrogen and oxygen atoms in total. The van der Waals surface area contributed by atoms with Gasteiger partial charge in [0.1, 0.15) is 11.6 Å². The summed E-state index contributed by atoms with van der Waals surface area (Å²) in [6, 6.07) is 10.6. The van der Waals surface area contributed by atoms with E-state index in [9.17, 15) is 14.9 Å². The summed E-state index contributed by atoms with van der Waals surface area (Å²) in [6.45, 7) is 0.0236. The minimum Gasteiger partial charge on any atom is -0.457 e. The summed E-state index contributed by atoms with van der Waals surface area (Å²) >= 11 is 11.5. The molecule has 0 saturated carbocycles. The van der Waals surface area contributed by atoms with Gasteiger partial charge in [-0.3, -0.25) is 10.1 Å². The first kappa shape index (κ1) is 15.3. The fourth-order valence-corrected chi connectivity index (χ4v) is 2.04. The number of esters is 1. The first-order valence-corrected chi connectivity index (χ1v) is 6.58. The Labute approximate surface area is 130 Å². The molecule has 0 heterocycles. The number of halogens is 2. The topological polar surface area (TPSA) is 69.4 Å². The van der Waals surface area contributed by atoms with Crippen LogP contribution in [0.1, 0.15) is 15.9 Å². The summed E-state index contributed by atoms with van der Waals surface area (Å²) in [4.78, 5) is 22.0. The van der Waals surface area contributed by atoms with Gasteiger partial charge in [0.05, 0.1) is 10.5 Å². The highest BCUT2D eigenvalue weighted by Gasteiger charge is 2.17. The summed E-state index contributed by atoms with van der Waals surface area (Å²) in [6.07, 6.45) is 0. The van der Waals surface area contributed by atoms with Crippen LogP contribution in [0.3, 0.4) is 0 Å². The zero-order chi connectivity index (χ0) is 15.4. The van der Waals surface area contributed by atoms with Crippen LogP contribution in [0.25, 0.3) is 0 Å². The largest absolute Gasteiger partial charge is 0.457 e. The average Bonchev–Trinajstić information content (AvgIpc) is 2.45. The maximum atomic E-state index is 11.9. The SMILES string of the molecule is O=C(OCc1cccc(Cl)c1)c1ccc(Cl)c([N+](=O)[O-])c1. The van der Waals surface area contributed by atoms with Crippen molar-refractivity contribution in [1.82, 2.24) is 0 Å². The number of ether oxygens (including phenoxy) is 1. The number of nitro benzene ring substituents is 1. The molecule has 7 heteroatoms. The van der Waals surface area contributed by atoms with E-state index in [0.717, 1.165) is 11.6 Å². The van der Waals surface area contributed by atoms with Gasteiger partial charge >= 0.3 is 5.97 Å². The Bertz CT molecular complexity index is 703. The summed E-state index contributed by atoms with van der Waals surface area (Å²) in [7, 11) is 0. The van der Waals surface area contributed by atoms with Gasteiger partial charge in [0.25, 0.3) is 5.69 Å². The summed E-state index contributed by atoms with van der Waals surface area (Å²) in [5.41, 5.74) is 0.446. The van der Waals surface area contributed by atoms with E-state index >= 15 is 0 Å². The van der Waals surface area contributed by atoms with E-state index in [1.807, 2.05) is 0 Å². The number of nitrogens with zero attached hydrogens (tertiary/aromatic N) is 1. The second kappa shape index (κ2) is 6.56. The first-order valence-electron chi connectivity index (χ1n) is 5.83. The fraction of sp³-hybridized carbons (Fsp3) is 0.0714. The van der Waals surface area contributed by atoms with Gasteiger partial charge in [0, 0.05) is 11.1 Å². The highest BCUT2D eigenvalue weighted by atomic mass is 35.5. The van der Waals surface area contributed by atoms with Gasteiger partial charge < -0.3 is 4.74 Å². The van der Waals surface area contributed by atoms with Crippen molar-refractivity contribution < 1.29 is 14.5 Å². The van der Waals surface area contributed by atoms with Crippen molar-refractivity contribution in [1.29, 1.82) is 0 Å². The lowest BCUT2D eigenvalue weighted by atomic mass is 10.2. The Morgan fingerprint density at radius 3 is 2.62 bits per heavy atom. The third-order valence-electron chi connectivity index (χ3n) is 2.64. The van der Waals surface area contributed by atoms with Gasteiger partial charge in [0.15, 0.2) is 0 Å². The molecule has 0 aliphatic carbocycles. The molecule has 0 unspecified atom stereocenters. The third-order valence-corrected chi connectivity index (χ3v) is 3.19. The van der Waals surface area contributed by atoms with E-state index in [-0.39, 0.29) is 22.9 Å². The molecule has 0 aliphatic heterocycles. The standard InChI is InChI=1S/C14H9Cl2NO4/c15-11-3-1-2-9(6-11)8-21-14(18)10-4-5-12(16)13(7-10)17(19)20/h1-7H,8H2. The Kier molecular flexibility index (Phi) is 4.77. The molecule has 108 valence electrons. The Morgan fingerprint density at radius 1 is 1.19 bits per heavy atom. The molecule has 0 bridgehead atoms. The van der Waals surface area contributed by atoms with Crippen LogP contribution in [-0.4, -0.2) is 10.9 Å². The van der Waals surface area contributed by atoms with Crippen LogP contribution in [0, 0.1) is 10.1 Å². The molecule has 0 aromatic heterocycles. The molecule has 0 fully saturated rings. The van der Waals surface area contributed by atoms with Crippen LogP contribution in [0.4, 0.5) is 5.69 Å². The Morgan fingerprint density at radius 2 is 1.95 bits per heavy atom. The second-order valence-corrected chi connectivity index (χ2v) is 4.97. The number of rotatable bonds is 4. The molecule has 21 heavy (non-hydrogen) atoms. The van der Waals surface area contributed by atoms with Crippen LogP contribution in [0.2, 0.25) is 10.0 Å². The van der Waals surface area contributed by atoms with Gasteiger partial charge in [0.2, 0.25) is 0 Å². The van der Waals surface area contributed by atoms with E-state index in [0.29, 0.717) is 5.02 Å². The Balaban J connectivity index is 2.10. The van der Waals surface area contributed by atoms with Crippen LogP contribution in [-0.2, 0) is 11.3 Å². The summed E-state index contributed by atoms with van der Waals surface area (Å²) < 4.78 is 5.08. The van der Waals surface area contributed by atoms with Crippen molar-refractivity contribution in [3.05, 3.63) is 73.8 Å². The molecule has 0 spiro atoms. The third kappa shape index (κ3) is 3.93. The molecule has 0 amide bonds. The quantitative estimate of drug-likeness (QED) is 0.478. The minimum atomic E-state index is -0.672. The van der Waals surface area contributed by atoms with Crippen LogP contribution in [0.15, 0.2) is 42.5 Å². The lowest BCUT2D eigenvalue weighted by molar-refractivity contribution is -0.384. The van der Waals surface area contributed by atoms with Crippen molar-refractivity contribution in [3.63, 3.8) is 0 Å². The normalized spacial score (nSPS) is 10.2. The van der Waals surface area contributed by atoms with Crippen molar-refractivity contribution in [2.45, 2.75) is 6.61 Å². The highest BCUT2D eigenvalue weighted by molar-refractivity contribution is 6.32. The van der Waals surface area contributed by atoms with Crippen LogP contribution in [0.5, 0.6) is 0 Å². The van der Waals surface area contributed by atoms with Gasteiger partial charge in [-0.15, -0.1) is 0 Å². The maximum absolute atomic E-state index is 11.9. The molecular weight excluding hydrogens is 317 g/mol. The van der Waals surface area contributed by atoms with Crippen molar-refractivity contribution >= 4 is 34.9 Å². The molecule has 0 N–H and O–H groups in total. The lowest BCUT2D eigenvalue weighted by Gasteiger charge is -2.05. The lowest BCUT2D eigenvalue weighted by Crippen LogP contribution is -2.06.